The summed E-state index contributed by atoms with van der Waals surface area (Å²) in [6, 6.07) is 14.6. The number of aliphatic hydroxyl groups excluding tert-OH is 1. The van der Waals surface area contributed by atoms with E-state index in [0.29, 0.717) is 11.4 Å². The fourth-order valence-corrected chi connectivity index (χ4v) is 1.90. The molecule has 0 aliphatic heterocycles. The Kier molecular flexibility index (Phi) is 4.95. The molecule has 110 valence electrons. The molecule has 0 aliphatic carbocycles. The van der Waals surface area contributed by atoms with Crippen LogP contribution in [0.5, 0.6) is 5.75 Å². The van der Waals surface area contributed by atoms with Crippen LogP contribution in [-0.4, -0.2) is 17.6 Å². The van der Waals surface area contributed by atoms with Crippen LogP contribution in [0.2, 0.25) is 0 Å². The van der Waals surface area contributed by atoms with Gasteiger partial charge in [-0.1, -0.05) is 30.3 Å². The predicted octanol–water partition coefficient (Wildman–Crippen LogP) is 3.07. The molecule has 0 aliphatic rings. The molecule has 0 bridgehead atoms. The summed E-state index contributed by atoms with van der Waals surface area (Å²) >= 11 is 0. The summed E-state index contributed by atoms with van der Waals surface area (Å²) in [6.45, 7) is 3.59. The number of carbonyl (C=O) groups excluding carboxylic acids is 1. The van der Waals surface area contributed by atoms with Gasteiger partial charge in [-0.25, -0.2) is 0 Å². The van der Waals surface area contributed by atoms with Crippen LogP contribution in [0, 0.1) is 6.92 Å². The molecule has 1 unspecified atom stereocenters. The van der Waals surface area contributed by atoms with Gasteiger partial charge in [-0.05, 0) is 43.2 Å². The molecule has 21 heavy (non-hydrogen) atoms. The predicted molar refractivity (Wildman–Crippen MR) is 82.4 cm³/mol. The van der Waals surface area contributed by atoms with E-state index in [1.165, 1.54) is 0 Å². The normalized spacial score (nSPS) is 11.8. The van der Waals surface area contributed by atoms with Gasteiger partial charge in [0.2, 0.25) is 0 Å². The van der Waals surface area contributed by atoms with Gasteiger partial charge in [-0.15, -0.1) is 0 Å². The summed E-state index contributed by atoms with van der Waals surface area (Å²) in [5, 5.41) is 12.2. The minimum atomic E-state index is -0.515. The highest BCUT2D eigenvalue weighted by Crippen LogP contribution is 2.17. The smallest absolute Gasteiger partial charge is 0.262 e. The minimum Gasteiger partial charge on any atom is -0.483 e. The van der Waals surface area contributed by atoms with Crippen molar-refractivity contribution in [2.24, 2.45) is 0 Å². The average Bonchev–Trinajstić information content (AvgIpc) is 2.47. The number of anilines is 1. The Bertz CT molecular complexity index is 606. The number of amides is 1. The first-order valence-electron chi connectivity index (χ1n) is 6.82. The Balaban J connectivity index is 1.88. The third kappa shape index (κ3) is 4.33. The second-order valence-electron chi connectivity index (χ2n) is 4.90. The van der Waals surface area contributed by atoms with Crippen molar-refractivity contribution < 1.29 is 14.6 Å². The van der Waals surface area contributed by atoms with E-state index in [2.05, 4.69) is 5.32 Å². The largest absolute Gasteiger partial charge is 0.483 e. The van der Waals surface area contributed by atoms with Gasteiger partial charge >= 0.3 is 0 Å². The number of carbonyl (C=O) groups is 1. The van der Waals surface area contributed by atoms with Crippen molar-refractivity contribution in [3.8, 4) is 5.75 Å². The molecule has 1 atom stereocenters. The highest BCUT2D eigenvalue weighted by molar-refractivity contribution is 5.91. The number of hydrogen-bond donors (Lipinski definition) is 2. The fourth-order valence-electron chi connectivity index (χ4n) is 1.90. The fraction of sp³-hybridized carbons (Fsp3) is 0.235. The Hall–Kier alpha value is -2.33. The number of aliphatic hydroxyl groups is 1. The standard InChI is InChI=1S/C17H19NO3/c1-12-5-3-4-6-16(12)21-11-17(20)18-15-9-7-14(8-10-15)13(2)19/h3-10,13,19H,11H2,1-2H3,(H,18,20). The first-order chi connectivity index (χ1) is 10.1. The Morgan fingerprint density at radius 3 is 2.48 bits per heavy atom. The molecule has 0 saturated heterocycles. The van der Waals surface area contributed by atoms with Gasteiger partial charge in [0.15, 0.2) is 6.61 Å². The molecule has 0 heterocycles. The SMILES string of the molecule is Cc1ccccc1OCC(=O)Nc1ccc(C(C)O)cc1. The van der Waals surface area contributed by atoms with Gasteiger partial charge in [0.25, 0.3) is 5.91 Å². The van der Waals surface area contributed by atoms with Crippen LogP contribution in [0.1, 0.15) is 24.2 Å². The zero-order chi connectivity index (χ0) is 15.2. The van der Waals surface area contributed by atoms with Crippen LogP contribution in [-0.2, 0) is 4.79 Å². The van der Waals surface area contributed by atoms with Gasteiger partial charge in [0.1, 0.15) is 5.75 Å². The van der Waals surface area contributed by atoms with E-state index in [4.69, 9.17) is 4.74 Å². The summed E-state index contributed by atoms with van der Waals surface area (Å²) < 4.78 is 5.48. The second kappa shape index (κ2) is 6.90. The van der Waals surface area contributed by atoms with Gasteiger partial charge in [0, 0.05) is 5.69 Å². The molecular formula is C17H19NO3. The molecule has 0 radical (unpaired) electrons. The summed E-state index contributed by atoms with van der Waals surface area (Å²) in [6.07, 6.45) is -0.515. The van der Waals surface area contributed by atoms with Crippen LogP contribution < -0.4 is 10.1 Å². The number of ether oxygens (including phenoxy) is 1. The van der Waals surface area contributed by atoms with Crippen molar-refractivity contribution in [2.75, 3.05) is 11.9 Å². The van der Waals surface area contributed by atoms with Crippen LogP contribution in [0.3, 0.4) is 0 Å². The van der Waals surface area contributed by atoms with E-state index in [1.54, 1.807) is 31.2 Å². The number of rotatable bonds is 5. The van der Waals surface area contributed by atoms with Crippen LogP contribution in [0.25, 0.3) is 0 Å². The van der Waals surface area contributed by atoms with E-state index >= 15 is 0 Å². The van der Waals surface area contributed by atoms with Crippen LogP contribution in [0.4, 0.5) is 5.69 Å². The average molecular weight is 285 g/mol. The lowest BCUT2D eigenvalue weighted by molar-refractivity contribution is -0.118. The summed E-state index contributed by atoms with van der Waals surface area (Å²) in [5.74, 6) is 0.486. The first kappa shape index (κ1) is 15.1. The number of benzene rings is 2. The van der Waals surface area contributed by atoms with Crippen molar-refractivity contribution in [3.63, 3.8) is 0 Å². The Morgan fingerprint density at radius 1 is 1.19 bits per heavy atom. The highest BCUT2D eigenvalue weighted by Gasteiger charge is 2.06. The van der Waals surface area contributed by atoms with Gasteiger partial charge in [-0.2, -0.15) is 0 Å². The maximum Gasteiger partial charge on any atom is 0.262 e. The lowest BCUT2D eigenvalue weighted by Gasteiger charge is -2.10. The third-order valence-corrected chi connectivity index (χ3v) is 3.13. The molecule has 2 aromatic rings. The highest BCUT2D eigenvalue weighted by atomic mass is 16.5. The molecule has 4 nitrogen and oxygen atoms in total. The Morgan fingerprint density at radius 2 is 1.86 bits per heavy atom. The summed E-state index contributed by atoms with van der Waals surface area (Å²) in [4.78, 5) is 11.8. The van der Waals surface area contributed by atoms with Crippen molar-refractivity contribution in [2.45, 2.75) is 20.0 Å². The zero-order valence-electron chi connectivity index (χ0n) is 12.2. The lowest BCUT2D eigenvalue weighted by atomic mass is 10.1. The number of aryl methyl sites for hydroxylation is 1. The van der Waals surface area contributed by atoms with E-state index in [-0.39, 0.29) is 12.5 Å². The summed E-state index contributed by atoms with van der Waals surface area (Å²) in [5.41, 5.74) is 2.48. The lowest BCUT2D eigenvalue weighted by Crippen LogP contribution is -2.20. The van der Waals surface area contributed by atoms with Crippen molar-refractivity contribution >= 4 is 11.6 Å². The second-order valence-corrected chi connectivity index (χ2v) is 4.90. The molecule has 1 amide bonds. The number of nitrogens with one attached hydrogen (secondary N) is 1. The molecule has 0 saturated carbocycles. The molecule has 0 fully saturated rings. The van der Waals surface area contributed by atoms with Gasteiger partial charge < -0.3 is 15.2 Å². The van der Waals surface area contributed by atoms with Crippen molar-refractivity contribution in [1.29, 1.82) is 0 Å². The maximum atomic E-state index is 11.8. The maximum absolute atomic E-state index is 11.8. The van der Waals surface area contributed by atoms with E-state index in [9.17, 15) is 9.90 Å². The van der Waals surface area contributed by atoms with E-state index in [1.807, 2.05) is 31.2 Å². The molecule has 2 rings (SSSR count). The van der Waals surface area contributed by atoms with Crippen molar-refractivity contribution in [3.05, 3.63) is 59.7 Å². The molecule has 2 aromatic carbocycles. The molecule has 0 spiro atoms. The number of para-hydroxylation sites is 1. The molecule has 2 N–H and O–H groups in total. The van der Waals surface area contributed by atoms with E-state index < -0.39 is 6.10 Å². The zero-order valence-corrected chi connectivity index (χ0v) is 12.2. The van der Waals surface area contributed by atoms with Gasteiger partial charge in [-0.3, -0.25) is 4.79 Å². The van der Waals surface area contributed by atoms with Crippen LogP contribution in [0.15, 0.2) is 48.5 Å². The summed E-state index contributed by atoms with van der Waals surface area (Å²) in [7, 11) is 0. The minimum absolute atomic E-state index is 0.0387. The monoisotopic (exact) mass is 285 g/mol. The molecule has 0 aromatic heterocycles. The Labute approximate surface area is 124 Å². The van der Waals surface area contributed by atoms with E-state index in [0.717, 1.165) is 11.1 Å². The van der Waals surface area contributed by atoms with Gasteiger partial charge in [0.05, 0.1) is 6.10 Å². The van der Waals surface area contributed by atoms with Crippen molar-refractivity contribution in [1.82, 2.24) is 0 Å². The molecular weight excluding hydrogens is 266 g/mol. The first-order valence-corrected chi connectivity index (χ1v) is 6.82. The van der Waals surface area contributed by atoms with Crippen LogP contribution >= 0.6 is 0 Å². The number of hydrogen-bond acceptors (Lipinski definition) is 3. The molecule has 4 heteroatoms. The topological polar surface area (TPSA) is 58.6 Å². The quantitative estimate of drug-likeness (QED) is 0.887. The third-order valence-electron chi connectivity index (χ3n) is 3.13.